The maximum Gasteiger partial charge on any atom is 0.341 e. The fraction of sp³-hybridized carbons (Fsp3) is 0.0909. The van der Waals surface area contributed by atoms with Crippen LogP contribution in [-0.2, 0) is 4.74 Å². The molecule has 0 aliphatic heterocycles. The summed E-state index contributed by atoms with van der Waals surface area (Å²) in [5.74, 6) is -1.10. The quantitative estimate of drug-likeness (QED) is 0.743. The zero-order chi connectivity index (χ0) is 11.7. The average molecular weight is 220 g/mol. The van der Waals surface area contributed by atoms with Gasteiger partial charge in [0, 0.05) is 5.39 Å². The third-order valence-electron chi connectivity index (χ3n) is 2.23. The number of ether oxygens (including phenoxy) is 1. The summed E-state index contributed by atoms with van der Waals surface area (Å²) in [6.45, 7) is 0. The molecule has 0 amide bonds. The number of fused-ring (bicyclic) bond motifs is 1. The Kier molecular flexibility index (Phi) is 2.44. The third kappa shape index (κ3) is 1.56. The number of rotatable bonds is 1. The molecule has 0 saturated heterocycles. The van der Waals surface area contributed by atoms with Gasteiger partial charge in [-0.25, -0.2) is 14.2 Å². The van der Waals surface area contributed by atoms with Crippen molar-refractivity contribution in [2.45, 2.75) is 0 Å². The minimum absolute atomic E-state index is 0.0375. The zero-order valence-electron chi connectivity index (χ0n) is 8.53. The molecule has 82 valence electrons. The molecule has 0 spiro atoms. The van der Waals surface area contributed by atoms with Gasteiger partial charge in [-0.05, 0) is 12.1 Å². The first kappa shape index (κ1) is 10.4. The summed E-state index contributed by atoms with van der Waals surface area (Å²) in [5, 5.41) is 0.509. The number of nitrogens with zero attached hydrogens (tertiary/aromatic N) is 1. The maximum atomic E-state index is 13.3. The first-order valence-corrected chi connectivity index (χ1v) is 4.56. The Hall–Kier alpha value is -2.17. The minimum atomic E-state index is -0.587. The lowest BCUT2D eigenvalue weighted by Crippen LogP contribution is -2.07. The van der Waals surface area contributed by atoms with Gasteiger partial charge in [-0.2, -0.15) is 0 Å². The average Bonchev–Trinajstić information content (AvgIpc) is 2.29. The molecule has 0 atom stereocenters. The van der Waals surface area contributed by atoms with Gasteiger partial charge in [0.2, 0.25) is 0 Å². The topological polar surface area (TPSA) is 65.2 Å². The van der Waals surface area contributed by atoms with Crippen LogP contribution in [0, 0.1) is 5.82 Å². The van der Waals surface area contributed by atoms with Crippen LogP contribution in [-0.4, -0.2) is 18.1 Å². The van der Waals surface area contributed by atoms with Gasteiger partial charge in [-0.3, -0.25) is 0 Å². The molecular weight excluding hydrogens is 211 g/mol. The Balaban J connectivity index is 2.72. The van der Waals surface area contributed by atoms with E-state index in [4.69, 9.17) is 5.73 Å². The summed E-state index contributed by atoms with van der Waals surface area (Å²) in [7, 11) is 1.25. The molecular formula is C11H9FN2O2. The van der Waals surface area contributed by atoms with Crippen molar-refractivity contribution in [3.63, 3.8) is 0 Å². The highest BCUT2D eigenvalue weighted by molar-refractivity contribution is 5.98. The molecule has 2 N–H and O–H groups in total. The second kappa shape index (κ2) is 3.77. The van der Waals surface area contributed by atoms with Crippen LogP contribution in [0.1, 0.15) is 10.4 Å². The number of para-hydroxylation sites is 1. The predicted molar refractivity (Wildman–Crippen MR) is 57.5 cm³/mol. The molecule has 1 heterocycles. The van der Waals surface area contributed by atoms with Crippen LogP contribution in [0.4, 0.5) is 10.2 Å². The monoisotopic (exact) mass is 220 g/mol. The van der Waals surface area contributed by atoms with Crippen molar-refractivity contribution in [3.05, 3.63) is 35.6 Å². The van der Waals surface area contributed by atoms with E-state index < -0.39 is 11.8 Å². The molecule has 0 aliphatic rings. The van der Waals surface area contributed by atoms with Crippen molar-refractivity contribution < 1.29 is 13.9 Å². The number of nitrogens with two attached hydrogens (primary N) is 1. The van der Waals surface area contributed by atoms with E-state index >= 15 is 0 Å². The smallest absolute Gasteiger partial charge is 0.341 e. The second-order valence-electron chi connectivity index (χ2n) is 3.22. The number of halogens is 1. The molecule has 2 rings (SSSR count). The van der Waals surface area contributed by atoms with Crippen LogP contribution >= 0.6 is 0 Å². The molecule has 0 aliphatic carbocycles. The highest BCUT2D eigenvalue weighted by Gasteiger charge is 2.13. The molecule has 16 heavy (non-hydrogen) atoms. The standard InChI is InChI=1S/C11H9FN2O2/c1-16-11(15)7-5-6-3-2-4-8(12)9(6)14-10(7)13/h2-5H,1H3,(H2,13,14). The maximum absolute atomic E-state index is 13.3. The Morgan fingerprint density at radius 2 is 2.25 bits per heavy atom. The van der Waals surface area contributed by atoms with Gasteiger partial charge in [0.15, 0.2) is 0 Å². The van der Waals surface area contributed by atoms with E-state index in [2.05, 4.69) is 9.72 Å². The molecule has 2 aromatic rings. The van der Waals surface area contributed by atoms with Crippen molar-refractivity contribution in [1.29, 1.82) is 0 Å². The number of benzene rings is 1. The number of hydrogen-bond donors (Lipinski definition) is 1. The number of aromatic nitrogens is 1. The second-order valence-corrected chi connectivity index (χ2v) is 3.22. The van der Waals surface area contributed by atoms with E-state index in [0.29, 0.717) is 5.39 Å². The summed E-state index contributed by atoms with van der Waals surface area (Å²) in [4.78, 5) is 15.2. The van der Waals surface area contributed by atoms with E-state index in [1.165, 1.54) is 25.3 Å². The van der Waals surface area contributed by atoms with Crippen LogP contribution in [0.25, 0.3) is 10.9 Å². The Morgan fingerprint density at radius 3 is 2.94 bits per heavy atom. The van der Waals surface area contributed by atoms with Gasteiger partial charge in [0.25, 0.3) is 0 Å². The van der Waals surface area contributed by atoms with Gasteiger partial charge >= 0.3 is 5.97 Å². The summed E-state index contributed by atoms with van der Waals surface area (Å²) < 4.78 is 17.9. The van der Waals surface area contributed by atoms with Crippen LogP contribution in [0.15, 0.2) is 24.3 Å². The Morgan fingerprint density at radius 1 is 1.50 bits per heavy atom. The summed E-state index contributed by atoms with van der Waals surface area (Å²) >= 11 is 0. The van der Waals surface area contributed by atoms with Gasteiger partial charge in [0.05, 0.1) is 7.11 Å². The number of methoxy groups -OCH3 is 1. The zero-order valence-corrected chi connectivity index (χ0v) is 8.53. The third-order valence-corrected chi connectivity index (χ3v) is 2.23. The molecule has 1 aromatic heterocycles. The highest BCUT2D eigenvalue weighted by Crippen LogP contribution is 2.21. The van der Waals surface area contributed by atoms with Crippen LogP contribution in [0.2, 0.25) is 0 Å². The van der Waals surface area contributed by atoms with Crippen LogP contribution in [0.5, 0.6) is 0 Å². The summed E-state index contributed by atoms with van der Waals surface area (Å²) in [6, 6.07) is 5.94. The number of carbonyl (C=O) groups excluding carboxylic acids is 1. The Labute approximate surface area is 90.8 Å². The number of carbonyl (C=O) groups is 1. The number of esters is 1. The van der Waals surface area contributed by atoms with Crippen molar-refractivity contribution in [3.8, 4) is 0 Å². The molecule has 0 fully saturated rings. The summed E-state index contributed by atoms with van der Waals surface area (Å²) in [5.41, 5.74) is 5.84. The molecule has 0 unspecified atom stereocenters. The minimum Gasteiger partial charge on any atom is -0.465 e. The lowest BCUT2D eigenvalue weighted by molar-refractivity contribution is 0.0602. The van der Waals surface area contributed by atoms with E-state index in [1.807, 2.05) is 0 Å². The van der Waals surface area contributed by atoms with Crippen molar-refractivity contribution in [2.24, 2.45) is 0 Å². The molecule has 0 saturated carbocycles. The van der Waals surface area contributed by atoms with Crippen molar-refractivity contribution in [1.82, 2.24) is 4.98 Å². The fourth-order valence-electron chi connectivity index (χ4n) is 1.45. The lowest BCUT2D eigenvalue weighted by atomic mass is 10.1. The molecule has 5 heteroatoms. The van der Waals surface area contributed by atoms with Gasteiger partial charge in [0.1, 0.15) is 22.7 Å². The van der Waals surface area contributed by atoms with E-state index in [-0.39, 0.29) is 16.9 Å². The summed E-state index contributed by atoms with van der Waals surface area (Å²) in [6.07, 6.45) is 0. The normalized spacial score (nSPS) is 10.4. The van der Waals surface area contributed by atoms with Gasteiger partial charge in [-0.1, -0.05) is 12.1 Å². The number of hydrogen-bond acceptors (Lipinski definition) is 4. The van der Waals surface area contributed by atoms with Crippen molar-refractivity contribution in [2.75, 3.05) is 12.8 Å². The van der Waals surface area contributed by atoms with Crippen molar-refractivity contribution >= 4 is 22.7 Å². The van der Waals surface area contributed by atoms with E-state index in [1.54, 1.807) is 6.07 Å². The number of anilines is 1. The molecule has 4 nitrogen and oxygen atoms in total. The molecule has 0 bridgehead atoms. The van der Waals surface area contributed by atoms with Gasteiger partial charge in [-0.15, -0.1) is 0 Å². The van der Waals surface area contributed by atoms with Crippen LogP contribution < -0.4 is 5.73 Å². The number of nitrogen functional groups attached to an aromatic ring is 1. The predicted octanol–water partition coefficient (Wildman–Crippen LogP) is 1.74. The lowest BCUT2D eigenvalue weighted by Gasteiger charge is -2.05. The van der Waals surface area contributed by atoms with E-state index in [0.717, 1.165) is 0 Å². The molecule has 0 radical (unpaired) electrons. The Bertz CT molecular complexity index is 569. The number of pyridine rings is 1. The first-order valence-electron chi connectivity index (χ1n) is 4.56. The highest BCUT2D eigenvalue weighted by atomic mass is 19.1. The van der Waals surface area contributed by atoms with Crippen LogP contribution in [0.3, 0.4) is 0 Å². The fourth-order valence-corrected chi connectivity index (χ4v) is 1.45. The SMILES string of the molecule is COC(=O)c1cc2cccc(F)c2nc1N. The van der Waals surface area contributed by atoms with E-state index in [9.17, 15) is 9.18 Å². The largest absolute Gasteiger partial charge is 0.465 e. The van der Waals surface area contributed by atoms with Gasteiger partial charge < -0.3 is 10.5 Å². The molecule has 1 aromatic carbocycles. The first-order chi connectivity index (χ1) is 7.63.